The molecule has 1 aliphatic heterocycles. The van der Waals surface area contributed by atoms with Crippen LogP contribution in [0, 0.1) is 0 Å². The third kappa shape index (κ3) is 3.81. The molecule has 26 heavy (non-hydrogen) atoms. The van der Waals surface area contributed by atoms with Gasteiger partial charge in [0, 0.05) is 18.0 Å². The number of amides is 3. The van der Waals surface area contributed by atoms with E-state index < -0.39 is 11.9 Å². The van der Waals surface area contributed by atoms with Crippen molar-refractivity contribution in [3.05, 3.63) is 44.2 Å². The van der Waals surface area contributed by atoms with Crippen molar-refractivity contribution >= 4 is 57.2 Å². The van der Waals surface area contributed by atoms with Crippen molar-refractivity contribution in [2.75, 3.05) is 23.7 Å². The SMILES string of the molecule is CCN1CCc2c(sc(NC(=O)Nc3cccc(Cl)c3Cl)c2C(N)=O)C1. The average molecular weight is 413 g/mol. The summed E-state index contributed by atoms with van der Waals surface area (Å²) in [6, 6.07) is 4.44. The van der Waals surface area contributed by atoms with Gasteiger partial charge in [-0.1, -0.05) is 36.2 Å². The van der Waals surface area contributed by atoms with Crippen LogP contribution in [0.5, 0.6) is 0 Å². The van der Waals surface area contributed by atoms with Gasteiger partial charge in [0.25, 0.3) is 5.91 Å². The first-order valence-corrected chi connectivity index (χ1v) is 9.66. The summed E-state index contributed by atoms with van der Waals surface area (Å²) in [6.07, 6.45) is 0.737. The number of carbonyl (C=O) groups excluding carboxylic acids is 2. The number of rotatable bonds is 4. The lowest BCUT2D eigenvalue weighted by Gasteiger charge is -2.25. The van der Waals surface area contributed by atoms with Crippen LogP contribution in [-0.4, -0.2) is 29.9 Å². The number of likely N-dealkylation sites (N-methyl/N-ethyl adjacent to an activating group) is 1. The molecule has 1 aliphatic rings. The molecule has 9 heteroatoms. The molecule has 2 heterocycles. The number of nitrogens with two attached hydrogens (primary N) is 1. The fourth-order valence-corrected chi connectivity index (χ4v) is 4.57. The fraction of sp³-hybridized carbons (Fsp3) is 0.294. The summed E-state index contributed by atoms with van der Waals surface area (Å²) in [4.78, 5) is 27.7. The maximum Gasteiger partial charge on any atom is 0.324 e. The molecule has 1 aromatic heterocycles. The number of hydrogen-bond donors (Lipinski definition) is 3. The first-order chi connectivity index (χ1) is 12.4. The summed E-state index contributed by atoms with van der Waals surface area (Å²) >= 11 is 13.4. The van der Waals surface area contributed by atoms with E-state index in [2.05, 4.69) is 22.5 Å². The molecule has 0 radical (unpaired) electrons. The molecular formula is C17H18Cl2N4O2S. The predicted molar refractivity (Wildman–Crippen MR) is 107 cm³/mol. The van der Waals surface area contributed by atoms with E-state index in [1.807, 2.05) is 0 Å². The molecule has 0 unspecified atom stereocenters. The highest BCUT2D eigenvalue weighted by atomic mass is 35.5. The third-order valence-electron chi connectivity index (χ3n) is 4.26. The molecule has 6 nitrogen and oxygen atoms in total. The second kappa shape index (κ2) is 7.84. The van der Waals surface area contributed by atoms with Gasteiger partial charge in [-0.2, -0.15) is 0 Å². The average Bonchev–Trinajstić information content (AvgIpc) is 2.95. The van der Waals surface area contributed by atoms with Crippen molar-refractivity contribution in [3.8, 4) is 0 Å². The summed E-state index contributed by atoms with van der Waals surface area (Å²) in [5.41, 5.74) is 7.28. The number of nitrogens with one attached hydrogen (secondary N) is 2. The minimum Gasteiger partial charge on any atom is -0.365 e. The Balaban J connectivity index is 1.83. The highest BCUT2D eigenvalue weighted by Crippen LogP contribution is 2.37. The second-order valence-electron chi connectivity index (χ2n) is 5.87. The molecule has 2 aromatic rings. The summed E-state index contributed by atoms with van der Waals surface area (Å²) in [5, 5.41) is 6.42. The Morgan fingerprint density at radius 3 is 2.77 bits per heavy atom. The van der Waals surface area contributed by atoms with Gasteiger partial charge in [0.1, 0.15) is 5.00 Å². The molecule has 0 bridgehead atoms. The smallest absolute Gasteiger partial charge is 0.324 e. The molecule has 3 amide bonds. The molecule has 0 spiro atoms. The van der Waals surface area contributed by atoms with Crippen LogP contribution in [0.3, 0.4) is 0 Å². The van der Waals surface area contributed by atoms with E-state index in [0.29, 0.717) is 21.3 Å². The minimum atomic E-state index is -0.538. The van der Waals surface area contributed by atoms with Crippen molar-refractivity contribution in [1.29, 1.82) is 0 Å². The number of nitrogens with zero attached hydrogens (tertiary/aromatic N) is 1. The Hall–Kier alpha value is -1.80. The number of anilines is 2. The lowest BCUT2D eigenvalue weighted by molar-refractivity contribution is 0.1000. The van der Waals surface area contributed by atoms with E-state index in [0.717, 1.165) is 36.5 Å². The van der Waals surface area contributed by atoms with Crippen LogP contribution in [0.1, 0.15) is 27.7 Å². The van der Waals surface area contributed by atoms with E-state index >= 15 is 0 Å². The second-order valence-corrected chi connectivity index (χ2v) is 7.76. The van der Waals surface area contributed by atoms with Crippen molar-refractivity contribution in [1.82, 2.24) is 4.90 Å². The van der Waals surface area contributed by atoms with Crippen LogP contribution in [0.25, 0.3) is 0 Å². The van der Waals surface area contributed by atoms with Crippen LogP contribution in [-0.2, 0) is 13.0 Å². The Labute approximate surface area is 165 Å². The van der Waals surface area contributed by atoms with Crippen molar-refractivity contribution < 1.29 is 9.59 Å². The lowest BCUT2D eigenvalue weighted by atomic mass is 10.0. The van der Waals surface area contributed by atoms with Gasteiger partial charge in [-0.15, -0.1) is 11.3 Å². The number of fused-ring (bicyclic) bond motifs is 1. The third-order valence-corrected chi connectivity index (χ3v) is 6.21. The quantitative estimate of drug-likeness (QED) is 0.703. The first kappa shape index (κ1) is 19.0. The van der Waals surface area contributed by atoms with Crippen LogP contribution in [0.15, 0.2) is 18.2 Å². The molecule has 0 saturated carbocycles. The number of benzene rings is 1. The summed E-state index contributed by atoms with van der Waals surface area (Å²) in [6.45, 7) is 4.64. The molecule has 0 fully saturated rings. The van der Waals surface area contributed by atoms with Gasteiger partial charge in [0.2, 0.25) is 0 Å². The largest absolute Gasteiger partial charge is 0.365 e. The molecule has 0 saturated heterocycles. The van der Waals surface area contributed by atoms with Crippen LogP contribution >= 0.6 is 34.5 Å². The number of urea groups is 1. The van der Waals surface area contributed by atoms with Crippen LogP contribution in [0.4, 0.5) is 15.5 Å². The van der Waals surface area contributed by atoms with E-state index in [9.17, 15) is 9.59 Å². The van der Waals surface area contributed by atoms with E-state index in [1.54, 1.807) is 18.2 Å². The zero-order chi connectivity index (χ0) is 18.8. The maximum absolute atomic E-state index is 12.4. The highest BCUT2D eigenvalue weighted by molar-refractivity contribution is 7.17. The molecule has 0 atom stereocenters. The highest BCUT2D eigenvalue weighted by Gasteiger charge is 2.27. The van der Waals surface area contributed by atoms with Gasteiger partial charge in [-0.3, -0.25) is 15.0 Å². The summed E-state index contributed by atoms with van der Waals surface area (Å²) in [7, 11) is 0. The number of carbonyl (C=O) groups is 2. The first-order valence-electron chi connectivity index (χ1n) is 8.09. The van der Waals surface area contributed by atoms with E-state index in [1.165, 1.54) is 11.3 Å². The van der Waals surface area contributed by atoms with Crippen molar-refractivity contribution in [2.24, 2.45) is 5.73 Å². The Morgan fingerprint density at radius 1 is 1.31 bits per heavy atom. The lowest BCUT2D eigenvalue weighted by Crippen LogP contribution is -2.30. The standard InChI is InChI=1S/C17H18Cl2N4O2S/c1-2-23-7-6-9-12(8-23)26-16(13(9)15(20)24)22-17(25)21-11-5-3-4-10(18)14(11)19/h3-5H,2,6-8H2,1H3,(H2,20,24)(H2,21,22,25). The zero-order valence-electron chi connectivity index (χ0n) is 14.1. The van der Waals surface area contributed by atoms with Gasteiger partial charge < -0.3 is 11.1 Å². The Kier molecular flexibility index (Phi) is 5.72. The van der Waals surface area contributed by atoms with Gasteiger partial charge in [0.15, 0.2) is 0 Å². The molecule has 1 aromatic carbocycles. The van der Waals surface area contributed by atoms with Gasteiger partial charge in [0.05, 0.1) is 21.3 Å². The summed E-state index contributed by atoms with van der Waals surface area (Å²) < 4.78 is 0. The van der Waals surface area contributed by atoms with Gasteiger partial charge >= 0.3 is 6.03 Å². The number of thiophene rings is 1. The normalized spacial score (nSPS) is 14.0. The van der Waals surface area contributed by atoms with Crippen molar-refractivity contribution in [3.63, 3.8) is 0 Å². The van der Waals surface area contributed by atoms with Gasteiger partial charge in [-0.25, -0.2) is 4.79 Å². The Bertz CT molecular complexity index is 869. The topological polar surface area (TPSA) is 87.5 Å². The van der Waals surface area contributed by atoms with E-state index in [-0.39, 0.29) is 5.02 Å². The van der Waals surface area contributed by atoms with Gasteiger partial charge in [-0.05, 0) is 30.7 Å². The van der Waals surface area contributed by atoms with Crippen LogP contribution < -0.4 is 16.4 Å². The van der Waals surface area contributed by atoms with E-state index in [4.69, 9.17) is 28.9 Å². The molecule has 0 aliphatic carbocycles. The van der Waals surface area contributed by atoms with Crippen LogP contribution in [0.2, 0.25) is 10.0 Å². The molecular weight excluding hydrogens is 395 g/mol. The molecule has 4 N–H and O–H groups in total. The number of halogens is 2. The monoisotopic (exact) mass is 412 g/mol. The minimum absolute atomic E-state index is 0.253. The predicted octanol–water partition coefficient (Wildman–Crippen LogP) is 4.18. The van der Waals surface area contributed by atoms with Crippen molar-refractivity contribution in [2.45, 2.75) is 19.9 Å². The summed E-state index contributed by atoms with van der Waals surface area (Å²) in [5.74, 6) is -0.538. The maximum atomic E-state index is 12.4. The number of hydrogen-bond acceptors (Lipinski definition) is 4. The zero-order valence-corrected chi connectivity index (χ0v) is 16.4. The molecule has 3 rings (SSSR count). The number of primary amides is 1. The molecule has 138 valence electrons. The Morgan fingerprint density at radius 2 is 2.08 bits per heavy atom. The fourth-order valence-electron chi connectivity index (χ4n) is 2.93.